The third-order valence-corrected chi connectivity index (χ3v) is 8.22. The van der Waals surface area contributed by atoms with Gasteiger partial charge in [0.05, 0.1) is 17.1 Å². The number of hydrogen-bond acceptors (Lipinski definition) is 4. The first-order valence-corrected chi connectivity index (χ1v) is 14.2. The molecule has 0 spiro atoms. The zero-order valence-electron chi connectivity index (χ0n) is 24.2. The molecule has 0 N–H and O–H groups in total. The van der Waals surface area contributed by atoms with Crippen LogP contribution in [0.2, 0.25) is 0 Å². The van der Waals surface area contributed by atoms with E-state index in [4.69, 9.17) is 9.97 Å². The minimum absolute atomic E-state index is 0.894. The van der Waals surface area contributed by atoms with Crippen molar-refractivity contribution in [2.75, 3.05) is 0 Å². The lowest BCUT2D eigenvalue weighted by molar-refractivity contribution is 1.20. The summed E-state index contributed by atoms with van der Waals surface area (Å²) in [5, 5.41) is 4.79. The Morgan fingerprint density at radius 2 is 1.14 bits per heavy atom. The molecular formula is C38H30N4. The van der Waals surface area contributed by atoms with E-state index in [9.17, 15) is 0 Å². The molecule has 0 saturated heterocycles. The number of nitrogens with zero attached hydrogens (tertiary/aromatic N) is 4. The highest BCUT2D eigenvalue weighted by Gasteiger charge is 2.19. The molecule has 0 saturated carbocycles. The van der Waals surface area contributed by atoms with Gasteiger partial charge in [-0.1, -0.05) is 54.6 Å². The molecule has 0 unspecified atom stereocenters. The van der Waals surface area contributed by atoms with Crippen molar-refractivity contribution in [1.29, 1.82) is 0 Å². The summed E-state index contributed by atoms with van der Waals surface area (Å²) in [7, 11) is 0. The first-order valence-electron chi connectivity index (χ1n) is 14.2. The van der Waals surface area contributed by atoms with Crippen molar-refractivity contribution in [2.24, 2.45) is 0 Å². The Hall–Kier alpha value is -5.22. The van der Waals surface area contributed by atoms with E-state index in [1.54, 1.807) is 0 Å². The highest BCUT2D eigenvalue weighted by Crippen LogP contribution is 2.44. The van der Waals surface area contributed by atoms with E-state index in [1.807, 2.05) is 43.1 Å². The predicted octanol–water partition coefficient (Wildman–Crippen LogP) is 9.47. The van der Waals surface area contributed by atoms with Crippen molar-refractivity contribution in [3.05, 3.63) is 132 Å². The molecule has 4 aromatic heterocycles. The second kappa shape index (κ2) is 10.3. The second-order valence-electron chi connectivity index (χ2n) is 11.0. The van der Waals surface area contributed by atoms with Crippen LogP contribution in [0.25, 0.3) is 66.4 Å². The molecule has 3 aromatic carbocycles. The van der Waals surface area contributed by atoms with Crippen LogP contribution < -0.4 is 0 Å². The van der Waals surface area contributed by atoms with Crippen LogP contribution in [0.5, 0.6) is 0 Å². The van der Waals surface area contributed by atoms with Gasteiger partial charge in [-0.15, -0.1) is 0 Å². The molecule has 0 radical (unpaired) electrons. The average molecular weight is 543 g/mol. The van der Waals surface area contributed by atoms with Crippen molar-refractivity contribution in [1.82, 2.24) is 19.9 Å². The zero-order chi connectivity index (χ0) is 28.8. The van der Waals surface area contributed by atoms with Crippen molar-refractivity contribution >= 4 is 21.5 Å². The van der Waals surface area contributed by atoms with Gasteiger partial charge in [-0.2, -0.15) is 0 Å². The maximum Gasteiger partial charge on any atom is 0.0915 e. The number of benzene rings is 3. The van der Waals surface area contributed by atoms with E-state index in [2.05, 4.69) is 104 Å². The monoisotopic (exact) mass is 542 g/mol. The van der Waals surface area contributed by atoms with Crippen LogP contribution in [-0.2, 0) is 0 Å². The summed E-state index contributed by atoms with van der Waals surface area (Å²) in [5.41, 5.74) is 13.1. The van der Waals surface area contributed by atoms with E-state index in [-0.39, 0.29) is 0 Å². The van der Waals surface area contributed by atoms with Crippen LogP contribution >= 0.6 is 0 Å². The van der Waals surface area contributed by atoms with Gasteiger partial charge in [-0.25, -0.2) is 0 Å². The van der Waals surface area contributed by atoms with Crippen LogP contribution in [0, 0.1) is 27.7 Å². The van der Waals surface area contributed by atoms with Crippen LogP contribution in [0.3, 0.4) is 0 Å². The summed E-state index contributed by atoms with van der Waals surface area (Å²) in [6.45, 7) is 8.49. The summed E-state index contributed by atoms with van der Waals surface area (Å²) in [6.07, 6.45) is 9.59. The molecule has 0 aliphatic rings. The molecule has 42 heavy (non-hydrogen) atoms. The molecule has 202 valence electrons. The van der Waals surface area contributed by atoms with E-state index < -0.39 is 0 Å². The molecule has 4 heteroatoms. The van der Waals surface area contributed by atoms with E-state index in [1.165, 1.54) is 43.8 Å². The molecule has 0 fully saturated rings. The summed E-state index contributed by atoms with van der Waals surface area (Å²) < 4.78 is 0. The zero-order valence-corrected chi connectivity index (χ0v) is 24.2. The molecular weight excluding hydrogens is 512 g/mol. The van der Waals surface area contributed by atoms with Gasteiger partial charge < -0.3 is 0 Å². The van der Waals surface area contributed by atoms with E-state index in [0.29, 0.717) is 0 Å². The standard InChI is InChI=1S/C38H30N4/c1-23-15-17-39-21-33(23)37-26(4)18-27(20-42-37)35-28-11-5-7-13-30(28)36(31-14-8-6-12-29(31)35)32-22-41-34(19-25(32)3)38-24(2)10-9-16-40-38/h5-22H,1-4H3. The fraction of sp³-hybridized carbons (Fsp3) is 0.105. The molecule has 4 nitrogen and oxygen atoms in total. The highest BCUT2D eigenvalue weighted by atomic mass is 14.8. The third kappa shape index (κ3) is 4.24. The first kappa shape index (κ1) is 25.7. The Labute approximate surface area is 245 Å². The normalized spacial score (nSPS) is 11.3. The fourth-order valence-corrected chi connectivity index (χ4v) is 6.14. The van der Waals surface area contributed by atoms with Crippen LogP contribution in [0.15, 0.2) is 110 Å². The lowest BCUT2D eigenvalue weighted by Crippen LogP contribution is -1.97. The summed E-state index contributed by atoms with van der Waals surface area (Å²) in [5.74, 6) is 0. The highest BCUT2D eigenvalue weighted by molar-refractivity contribution is 6.21. The Morgan fingerprint density at radius 3 is 1.76 bits per heavy atom. The molecule has 0 aliphatic carbocycles. The molecule has 4 heterocycles. The second-order valence-corrected chi connectivity index (χ2v) is 11.0. The third-order valence-electron chi connectivity index (χ3n) is 8.22. The van der Waals surface area contributed by atoms with E-state index >= 15 is 0 Å². The lowest BCUT2D eigenvalue weighted by Gasteiger charge is -2.19. The molecule has 7 aromatic rings. The maximum atomic E-state index is 4.98. The number of rotatable bonds is 4. The van der Waals surface area contributed by atoms with Gasteiger partial charge in [0.25, 0.3) is 0 Å². The summed E-state index contributed by atoms with van der Waals surface area (Å²) in [6, 6.07) is 27.9. The SMILES string of the molecule is Cc1ccncc1-c1ncc(-c2c3ccccc3c(-c3cnc(-c4ncccc4C)cc3C)c3ccccc23)cc1C. The minimum atomic E-state index is 0.894. The minimum Gasteiger partial charge on any atom is -0.264 e. The molecule has 0 bridgehead atoms. The largest absolute Gasteiger partial charge is 0.264 e. The Balaban J connectivity index is 1.46. The Morgan fingerprint density at radius 1 is 0.452 bits per heavy atom. The van der Waals surface area contributed by atoms with Gasteiger partial charge >= 0.3 is 0 Å². The van der Waals surface area contributed by atoms with Crippen LogP contribution in [0.4, 0.5) is 0 Å². The number of aryl methyl sites for hydroxylation is 4. The summed E-state index contributed by atoms with van der Waals surface area (Å²) >= 11 is 0. The number of pyridine rings is 4. The number of fused-ring (bicyclic) bond motifs is 2. The van der Waals surface area contributed by atoms with Crippen molar-refractivity contribution in [3.63, 3.8) is 0 Å². The summed E-state index contributed by atoms with van der Waals surface area (Å²) in [4.78, 5) is 18.9. The molecule has 7 rings (SSSR count). The van der Waals surface area contributed by atoms with Crippen molar-refractivity contribution in [3.8, 4) is 44.9 Å². The van der Waals surface area contributed by atoms with Gasteiger partial charge in [-0.05, 0) is 107 Å². The topological polar surface area (TPSA) is 51.6 Å². The van der Waals surface area contributed by atoms with Crippen molar-refractivity contribution < 1.29 is 0 Å². The molecule has 0 amide bonds. The Kier molecular flexibility index (Phi) is 6.32. The molecule has 0 atom stereocenters. The smallest absolute Gasteiger partial charge is 0.0915 e. The molecule has 0 aliphatic heterocycles. The Bertz CT molecular complexity index is 2090. The number of hydrogen-bond donors (Lipinski definition) is 0. The number of aromatic nitrogens is 4. The fourth-order valence-electron chi connectivity index (χ4n) is 6.14. The van der Waals surface area contributed by atoms with Gasteiger partial charge in [0.1, 0.15) is 0 Å². The predicted molar refractivity (Wildman–Crippen MR) is 173 cm³/mol. The lowest BCUT2D eigenvalue weighted by atomic mass is 9.85. The van der Waals surface area contributed by atoms with E-state index in [0.717, 1.165) is 44.9 Å². The van der Waals surface area contributed by atoms with Gasteiger partial charge in [0.2, 0.25) is 0 Å². The van der Waals surface area contributed by atoms with Crippen LogP contribution in [-0.4, -0.2) is 19.9 Å². The van der Waals surface area contributed by atoms with Gasteiger partial charge in [0, 0.05) is 47.7 Å². The first-order chi connectivity index (χ1) is 20.5. The van der Waals surface area contributed by atoms with Crippen LogP contribution in [0.1, 0.15) is 22.3 Å². The maximum absolute atomic E-state index is 4.98. The quantitative estimate of drug-likeness (QED) is 0.208. The van der Waals surface area contributed by atoms with Gasteiger partial charge in [-0.3, -0.25) is 19.9 Å². The van der Waals surface area contributed by atoms with Gasteiger partial charge in [0.15, 0.2) is 0 Å². The van der Waals surface area contributed by atoms with Crippen molar-refractivity contribution in [2.45, 2.75) is 27.7 Å². The average Bonchev–Trinajstić information content (AvgIpc) is 3.01.